The number of carbonyl (C=O) groups excluding carboxylic acids is 4. The van der Waals surface area contributed by atoms with E-state index in [2.05, 4.69) is 5.32 Å². The number of nitrogens with zero attached hydrogens (tertiary/aromatic N) is 1. The number of ketones is 2. The predicted octanol–water partition coefficient (Wildman–Crippen LogP) is -0.192. The molecular weight excluding hydrogens is 536 g/mol. The summed E-state index contributed by atoms with van der Waals surface area (Å²) in [4.78, 5) is 53.3. The molecule has 3 aliphatic rings. The number of aliphatic hydroxyl groups is 4. The Bertz CT molecular complexity index is 1420. The molecule has 2 amide bonds. The molecule has 4 rings (SSSR count). The maximum atomic E-state index is 14.0. The van der Waals surface area contributed by atoms with Gasteiger partial charge >= 0.3 is 0 Å². The summed E-state index contributed by atoms with van der Waals surface area (Å²) in [6.07, 6.45) is -1.32. The fraction of sp³-hybridized carbons (Fsp3) is 0.500. The Morgan fingerprint density at radius 2 is 1.76 bits per heavy atom. The van der Waals surface area contributed by atoms with Gasteiger partial charge in [0.1, 0.15) is 22.8 Å². The molecule has 41 heavy (non-hydrogen) atoms. The number of fused-ring (bicyclic) bond motifs is 3. The Kier molecular flexibility index (Phi) is 7.54. The van der Waals surface area contributed by atoms with E-state index in [4.69, 9.17) is 11.5 Å². The molecule has 1 aromatic carbocycles. The lowest BCUT2D eigenvalue weighted by atomic mass is 9.54. The summed E-state index contributed by atoms with van der Waals surface area (Å²) in [6.45, 7) is 5.40. The third-order valence-corrected chi connectivity index (χ3v) is 8.45. The minimum atomic E-state index is -3.01. The molecule has 0 spiro atoms. The number of benzene rings is 1. The number of hydrogen-bond donors (Lipinski definition) is 8. The van der Waals surface area contributed by atoms with Gasteiger partial charge in [0, 0.05) is 11.5 Å². The molecule has 1 saturated carbocycles. The maximum absolute atomic E-state index is 14.0. The first-order chi connectivity index (χ1) is 19.0. The average molecular weight is 573 g/mol. The number of likely N-dealkylation sites (N-methyl/N-ethyl adjacent to an activating group) is 1. The molecule has 13 nitrogen and oxygen atoms in total. The topological polar surface area (TPSA) is 237 Å². The Labute approximate surface area is 236 Å². The van der Waals surface area contributed by atoms with Crippen molar-refractivity contribution >= 4 is 34.8 Å². The van der Waals surface area contributed by atoms with Gasteiger partial charge < -0.3 is 42.3 Å². The molecule has 0 saturated heterocycles. The van der Waals surface area contributed by atoms with Crippen LogP contribution >= 0.6 is 0 Å². The predicted molar refractivity (Wildman–Crippen MR) is 146 cm³/mol. The first kappa shape index (κ1) is 30.2. The van der Waals surface area contributed by atoms with Gasteiger partial charge in [-0.1, -0.05) is 26.8 Å². The molecule has 222 valence electrons. The van der Waals surface area contributed by atoms with Crippen LogP contribution in [0.4, 0.5) is 5.69 Å². The molecule has 0 aliphatic heterocycles. The number of carbonyl (C=O) groups is 4. The van der Waals surface area contributed by atoms with Crippen molar-refractivity contribution in [3.05, 3.63) is 40.2 Å². The Morgan fingerprint density at radius 3 is 2.29 bits per heavy atom. The van der Waals surface area contributed by atoms with E-state index in [1.54, 1.807) is 6.92 Å². The number of hydrogen-bond acceptors (Lipinski definition) is 11. The highest BCUT2D eigenvalue weighted by molar-refractivity contribution is 6.24. The Balaban J connectivity index is 1.91. The molecular formula is C28H36N4O9. The van der Waals surface area contributed by atoms with Gasteiger partial charge in [0.05, 0.1) is 35.4 Å². The van der Waals surface area contributed by atoms with E-state index in [9.17, 15) is 44.7 Å². The van der Waals surface area contributed by atoms with Crippen LogP contribution in [0.2, 0.25) is 0 Å². The van der Waals surface area contributed by atoms with Crippen LogP contribution in [0.5, 0.6) is 5.75 Å². The van der Waals surface area contributed by atoms with E-state index in [0.29, 0.717) is 12.0 Å². The fourth-order valence-electron chi connectivity index (χ4n) is 6.56. The SMILES string of the molecule is CC(C)C[C@@H](N)C(=O)Nc1ccc2c(c1O)C(O)=C1C(=O)[C@]3(O)C(O)=C(C(N)=O)C(=O)[C@@H](N(C)C)[C@@H]3[C@@H](O)C1[C@H]2C. The second-order valence-corrected chi connectivity index (χ2v) is 11.7. The lowest BCUT2D eigenvalue weighted by molar-refractivity contribution is -0.169. The van der Waals surface area contributed by atoms with Gasteiger partial charge in [-0.3, -0.25) is 24.1 Å². The zero-order chi connectivity index (χ0) is 30.9. The second kappa shape index (κ2) is 10.2. The van der Waals surface area contributed by atoms with Crippen LogP contribution in [-0.2, 0) is 19.2 Å². The van der Waals surface area contributed by atoms with Crippen molar-refractivity contribution in [2.75, 3.05) is 19.4 Å². The number of phenols is 1. The minimum absolute atomic E-state index is 0.0964. The fourth-order valence-corrected chi connectivity index (χ4v) is 6.56. The zero-order valence-corrected chi connectivity index (χ0v) is 23.4. The zero-order valence-electron chi connectivity index (χ0n) is 23.4. The number of nitrogens with one attached hydrogen (secondary N) is 1. The number of nitrogens with two attached hydrogens (primary N) is 2. The maximum Gasteiger partial charge on any atom is 0.255 e. The van der Waals surface area contributed by atoms with Crippen molar-refractivity contribution in [3.8, 4) is 5.75 Å². The van der Waals surface area contributed by atoms with Gasteiger partial charge in [0.2, 0.25) is 11.7 Å². The molecule has 10 N–H and O–H groups in total. The lowest BCUT2D eigenvalue weighted by Gasteiger charge is -2.53. The minimum Gasteiger partial charge on any atom is -0.508 e. The first-order valence-electron chi connectivity index (χ1n) is 13.2. The standard InChI is InChI=1S/C28H36N4O9/c1-9(2)8-12(29)27(40)31-13-7-6-11-10(3)14-16(21(34)15(11)20(13)33)24(37)28(41)18(22(14)35)19(32(4)5)23(36)17(25(28)38)26(30)39/h6-7,9-10,12,14,18-19,22,33-35,38,41H,8,29H2,1-5H3,(H2,30,39)(H,31,40)/t10-,12+,14?,18+,19-,22-,28-/m0/s1. The third kappa shape index (κ3) is 4.31. The lowest BCUT2D eigenvalue weighted by Crippen LogP contribution is -2.70. The summed E-state index contributed by atoms with van der Waals surface area (Å²) in [7, 11) is 2.87. The Hall–Kier alpha value is -3.78. The van der Waals surface area contributed by atoms with E-state index in [1.165, 1.54) is 31.1 Å². The number of phenolic OH excluding ortho intramolecular Hbond substituents is 1. The average Bonchev–Trinajstić information content (AvgIpc) is 2.86. The third-order valence-electron chi connectivity index (χ3n) is 8.45. The number of primary amides is 1. The summed E-state index contributed by atoms with van der Waals surface area (Å²) < 4.78 is 0. The van der Waals surface area contributed by atoms with Gasteiger partial charge in [-0.15, -0.1) is 0 Å². The summed E-state index contributed by atoms with van der Waals surface area (Å²) in [5.41, 5.74) is 6.75. The van der Waals surface area contributed by atoms with Gasteiger partial charge in [-0.25, -0.2) is 0 Å². The van der Waals surface area contributed by atoms with Gasteiger partial charge in [0.15, 0.2) is 11.4 Å². The van der Waals surface area contributed by atoms with Crippen LogP contribution in [0.3, 0.4) is 0 Å². The van der Waals surface area contributed by atoms with Crippen molar-refractivity contribution in [2.45, 2.75) is 56.9 Å². The summed E-state index contributed by atoms with van der Waals surface area (Å²) in [6, 6.07) is 0.591. The highest BCUT2D eigenvalue weighted by Crippen LogP contribution is 2.56. The summed E-state index contributed by atoms with van der Waals surface area (Å²) in [5, 5.41) is 59.4. The van der Waals surface area contributed by atoms with Crippen LogP contribution in [0.25, 0.3) is 5.76 Å². The van der Waals surface area contributed by atoms with Crippen molar-refractivity contribution < 1.29 is 44.7 Å². The summed E-state index contributed by atoms with van der Waals surface area (Å²) >= 11 is 0. The van der Waals surface area contributed by atoms with E-state index >= 15 is 0 Å². The molecule has 0 radical (unpaired) electrons. The molecule has 0 heterocycles. The molecule has 0 bridgehead atoms. The van der Waals surface area contributed by atoms with Crippen molar-refractivity contribution in [2.24, 2.45) is 29.2 Å². The van der Waals surface area contributed by atoms with Crippen LogP contribution in [0.1, 0.15) is 44.2 Å². The Morgan fingerprint density at radius 1 is 1.15 bits per heavy atom. The molecule has 7 atom stereocenters. The second-order valence-electron chi connectivity index (χ2n) is 11.7. The van der Waals surface area contributed by atoms with E-state index in [-0.39, 0.29) is 17.2 Å². The van der Waals surface area contributed by atoms with Crippen molar-refractivity contribution in [3.63, 3.8) is 0 Å². The molecule has 1 fully saturated rings. The smallest absolute Gasteiger partial charge is 0.255 e. The molecule has 13 heteroatoms. The first-order valence-corrected chi connectivity index (χ1v) is 13.2. The van der Waals surface area contributed by atoms with Crippen molar-refractivity contribution in [1.29, 1.82) is 0 Å². The summed E-state index contributed by atoms with van der Waals surface area (Å²) in [5.74, 6) is -10.4. The largest absolute Gasteiger partial charge is 0.508 e. The van der Waals surface area contributed by atoms with Crippen LogP contribution in [0, 0.1) is 17.8 Å². The number of rotatable bonds is 6. The monoisotopic (exact) mass is 572 g/mol. The van der Waals surface area contributed by atoms with E-state index in [1.807, 2.05) is 13.8 Å². The van der Waals surface area contributed by atoms with Crippen LogP contribution in [-0.4, -0.2) is 91.7 Å². The van der Waals surface area contributed by atoms with Gasteiger partial charge in [0.25, 0.3) is 5.91 Å². The van der Waals surface area contributed by atoms with E-state index < -0.39 is 93.3 Å². The van der Waals surface area contributed by atoms with Gasteiger partial charge in [-0.2, -0.15) is 0 Å². The number of anilines is 1. The normalized spacial score (nSPS) is 30.2. The number of Topliss-reactive ketones (excluding diaryl/α,β-unsaturated/α-hetero) is 2. The quantitative estimate of drug-likeness (QED) is 0.164. The van der Waals surface area contributed by atoms with Crippen molar-refractivity contribution in [1.82, 2.24) is 4.90 Å². The number of amides is 2. The molecule has 3 aliphatic carbocycles. The highest BCUT2D eigenvalue weighted by Gasteiger charge is 2.68. The number of aromatic hydroxyl groups is 1. The number of aliphatic hydroxyl groups excluding tert-OH is 3. The molecule has 0 aromatic heterocycles. The van der Waals surface area contributed by atoms with E-state index in [0.717, 1.165) is 0 Å². The van der Waals surface area contributed by atoms with Crippen LogP contribution < -0.4 is 16.8 Å². The van der Waals surface area contributed by atoms with Gasteiger partial charge in [-0.05, 0) is 44.0 Å². The van der Waals surface area contributed by atoms with Crippen LogP contribution in [0.15, 0.2) is 29.0 Å². The highest BCUT2D eigenvalue weighted by atomic mass is 16.4. The molecule has 1 unspecified atom stereocenters. The molecule has 1 aromatic rings.